The van der Waals surface area contributed by atoms with Gasteiger partial charge >= 0.3 is 0 Å². The molecule has 0 aliphatic carbocycles. The molecule has 1 N–H and O–H groups in total. The average molecular weight is 387 g/mol. The quantitative estimate of drug-likeness (QED) is 0.857. The van der Waals surface area contributed by atoms with Crippen molar-refractivity contribution in [1.29, 1.82) is 0 Å². The molecule has 2 heterocycles. The fraction of sp³-hybridized carbons (Fsp3) is 0.267. The summed E-state index contributed by atoms with van der Waals surface area (Å²) in [6, 6.07) is 8.18. The minimum Gasteiger partial charge on any atom is -0.375 e. The van der Waals surface area contributed by atoms with Crippen LogP contribution in [0.25, 0.3) is 0 Å². The molecule has 128 valence electrons. The van der Waals surface area contributed by atoms with Crippen LogP contribution in [-0.4, -0.2) is 34.6 Å². The topological polar surface area (TPSA) is 75.7 Å². The number of carbonyl (C=O) groups excluding carboxylic acids is 1. The number of benzene rings is 1. The van der Waals surface area contributed by atoms with Crippen molar-refractivity contribution in [3.05, 3.63) is 40.2 Å². The third kappa shape index (κ3) is 3.41. The SMILES string of the molecule is COCC(=O)N1CCc2ccc(NS(=O)(=O)c3ccc(Cl)s3)cc21. The number of rotatable bonds is 5. The van der Waals surface area contributed by atoms with Crippen LogP contribution in [0.15, 0.2) is 34.5 Å². The zero-order chi connectivity index (χ0) is 17.3. The first-order chi connectivity index (χ1) is 11.4. The molecule has 0 saturated heterocycles. The van der Waals surface area contributed by atoms with Crippen molar-refractivity contribution in [2.75, 3.05) is 29.9 Å². The summed E-state index contributed by atoms with van der Waals surface area (Å²) < 4.78 is 32.7. The van der Waals surface area contributed by atoms with Crippen LogP contribution < -0.4 is 9.62 Å². The Hall–Kier alpha value is -1.61. The summed E-state index contributed by atoms with van der Waals surface area (Å²) in [7, 11) is -2.24. The predicted molar refractivity (Wildman–Crippen MR) is 94.5 cm³/mol. The highest BCUT2D eigenvalue weighted by Crippen LogP contribution is 2.33. The molecule has 1 aromatic heterocycles. The Morgan fingerprint density at radius 1 is 1.38 bits per heavy atom. The molecular formula is C15H15ClN2O4S2. The number of fused-ring (bicyclic) bond motifs is 1. The van der Waals surface area contributed by atoms with Gasteiger partial charge < -0.3 is 9.64 Å². The molecule has 0 radical (unpaired) electrons. The van der Waals surface area contributed by atoms with E-state index in [2.05, 4.69) is 4.72 Å². The Bertz CT molecular complexity index is 879. The van der Waals surface area contributed by atoms with Crippen molar-refractivity contribution < 1.29 is 17.9 Å². The smallest absolute Gasteiger partial charge is 0.271 e. The van der Waals surface area contributed by atoms with E-state index in [1.54, 1.807) is 17.0 Å². The molecule has 24 heavy (non-hydrogen) atoms. The number of nitrogens with zero attached hydrogens (tertiary/aromatic N) is 1. The summed E-state index contributed by atoms with van der Waals surface area (Å²) in [5, 5.41) is 0. The van der Waals surface area contributed by atoms with Gasteiger partial charge in [0, 0.05) is 19.3 Å². The van der Waals surface area contributed by atoms with Crippen molar-refractivity contribution in [1.82, 2.24) is 0 Å². The van der Waals surface area contributed by atoms with Gasteiger partial charge in [-0.1, -0.05) is 17.7 Å². The van der Waals surface area contributed by atoms with Crippen molar-refractivity contribution in [2.24, 2.45) is 0 Å². The number of amides is 1. The number of thiophene rings is 1. The van der Waals surface area contributed by atoms with E-state index in [4.69, 9.17) is 16.3 Å². The summed E-state index contributed by atoms with van der Waals surface area (Å²) in [5.41, 5.74) is 2.11. The van der Waals surface area contributed by atoms with Gasteiger partial charge in [-0.2, -0.15) is 0 Å². The molecule has 2 aromatic rings. The Balaban J connectivity index is 1.86. The molecule has 9 heteroatoms. The number of anilines is 2. The second-order valence-electron chi connectivity index (χ2n) is 5.24. The predicted octanol–water partition coefficient (Wildman–Crippen LogP) is 2.74. The summed E-state index contributed by atoms with van der Waals surface area (Å²) >= 11 is 6.79. The first-order valence-corrected chi connectivity index (χ1v) is 9.79. The van der Waals surface area contributed by atoms with E-state index < -0.39 is 10.0 Å². The lowest BCUT2D eigenvalue weighted by Crippen LogP contribution is -2.32. The van der Waals surface area contributed by atoms with Crippen molar-refractivity contribution in [3.63, 3.8) is 0 Å². The van der Waals surface area contributed by atoms with Gasteiger partial charge in [-0.25, -0.2) is 8.42 Å². The monoisotopic (exact) mass is 386 g/mol. The molecule has 1 aliphatic heterocycles. The number of hydrogen-bond acceptors (Lipinski definition) is 5. The third-order valence-electron chi connectivity index (χ3n) is 3.62. The molecule has 0 fully saturated rings. The van der Waals surface area contributed by atoms with E-state index in [9.17, 15) is 13.2 Å². The van der Waals surface area contributed by atoms with E-state index in [0.717, 1.165) is 23.3 Å². The standard InChI is InChI=1S/C15H15ClN2O4S2/c1-22-9-14(19)18-7-6-10-2-3-11(8-12(10)18)17-24(20,21)15-5-4-13(16)23-15/h2-5,8,17H,6-7,9H2,1H3. The summed E-state index contributed by atoms with van der Waals surface area (Å²) in [5.74, 6) is -0.152. The maximum absolute atomic E-state index is 12.4. The minimum absolute atomic E-state index is 0.0108. The minimum atomic E-state index is -3.70. The second kappa shape index (κ2) is 6.72. The van der Waals surface area contributed by atoms with Crippen molar-refractivity contribution >= 4 is 50.2 Å². The number of carbonyl (C=O) groups is 1. The molecular weight excluding hydrogens is 372 g/mol. The summed E-state index contributed by atoms with van der Waals surface area (Å²) in [4.78, 5) is 13.7. The molecule has 6 nitrogen and oxygen atoms in total. The molecule has 1 amide bonds. The first-order valence-electron chi connectivity index (χ1n) is 7.11. The fourth-order valence-corrected chi connectivity index (χ4v) is 5.08. The van der Waals surface area contributed by atoms with Crippen LogP contribution in [0.5, 0.6) is 0 Å². The Kier molecular flexibility index (Phi) is 4.82. The summed E-state index contributed by atoms with van der Waals surface area (Å²) in [6.07, 6.45) is 0.734. The van der Waals surface area contributed by atoms with E-state index in [-0.39, 0.29) is 16.7 Å². The zero-order valence-corrected chi connectivity index (χ0v) is 15.2. The van der Waals surface area contributed by atoms with Gasteiger partial charge in [0.25, 0.3) is 15.9 Å². The highest BCUT2D eigenvalue weighted by molar-refractivity contribution is 7.94. The van der Waals surface area contributed by atoms with E-state index in [0.29, 0.717) is 22.3 Å². The van der Waals surface area contributed by atoms with Crippen LogP contribution >= 0.6 is 22.9 Å². The summed E-state index contributed by atoms with van der Waals surface area (Å²) in [6.45, 7) is 0.553. The maximum atomic E-state index is 12.4. The molecule has 3 rings (SSSR count). The van der Waals surface area contributed by atoms with Crippen molar-refractivity contribution in [2.45, 2.75) is 10.6 Å². The van der Waals surface area contributed by atoms with Gasteiger partial charge in [0.2, 0.25) is 0 Å². The zero-order valence-electron chi connectivity index (χ0n) is 12.8. The van der Waals surface area contributed by atoms with Gasteiger partial charge in [0.1, 0.15) is 10.8 Å². The Morgan fingerprint density at radius 3 is 2.83 bits per heavy atom. The van der Waals surface area contributed by atoms with Crippen LogP contribution in [0.3, 0.4) is 0 Å². The highest BCUT2D eigenvalue weighted by Gasteiger charge is 2.25. The largest absolute Gasteiger partial charge is 0.375 e. The third-order valence-corrected chi connectivity index (χ3v) is 6.72. The number of methoxy groups -OCH3 is 1. The van der Waals surface area contributed by atoms with Gasteiger partial charge in [0.15, 0.2) is 0 Å². The van der Waals surface area contributed by atoms with Gasteiger partial charge in [0.05, 0.1) is 10.0 Å². The number of ether oxygens (including phenoxy) is 1. The fourth-order valence-electron chi connectivity index (χ4n) is 2.55. The van der Waals surface area contributed by atoms with Crippen LogP contribution in [0.2, 0.25) is 4.34 Å². The van der Waals surface area contributed by atoms with E-state index >= 15 is 0 Å². The number of nitrogens with one attached hydrogen (secondary N) is 1. The number of hydrogen-bond donors (Lipinski definition) is 1. The Morgan fingerprint density at radius 2 is 2.17 bits per heavy atom. The lowest BCUT2D eigenvalue weighted by atomic mass is 10.1. The van der Waals surface area contributed by atoms with Crippen LogP contribution in [0.1, 0.15) is 5.56 Å². The molecule has 0 spiro atoms. The average Bonchev–Trinajstić information content (AvgIpc) is 3.13. The molecule has 0 bridgehead atoms. The molecule has 1 aliphatic rings. The normalized spacial score (nSPS) is 13.8. The number of halogens is 1. The lowest BCUT2D eigenvalue weighted by molar-refractivity contribution is -0.122. The van der Waals surface area contributed by atoms with E-state index in [1.807, 2.05) is 6.07 Å². The van der Waals surface area contributed by atoms with E-state index in [1.165, 1.54) is 19.2 Å². The maximum Gasteiger partial charge on any atom is 0.271 e. The molecule has 1 aromatic carbocycles. The highest BCUT2D eigenvalue weighted by atomic mass is 35.5. The van der Waals surface area contributed by atoms with Crippen molar-refractivity contribution in [3.8, 4) is 0 Å². The van der Waals surface area contributed by atoms with Crippen LogP contribution in [-0.2, 0) is 26.0 Å². The van der Waals surface area contributed by atoms with Gasteiger partial charge in [-0.05, 0) is 36.2 Å². The van der Waals surface area contributed by atoms with Crippen LogP contribution in [0, 0.1) is 0 Å². The van der Waals surface area contributed by atoms with Gasteiger partial charge in [-0.15, -0.1) is 11.3 Å². The second-order valence-corrected chi connectivity index (χ2v) is 8.86. The molecule has 0 saturated carbocycles. The number of sulfonamides is 1. The Labute approximate surface area is 149 Å². The van der Waals surface area contributed by atoms with Gasteiger partial charge in [-0.3, -0.25) is 9.52 Å². The first kappa shape index (κ1) is 17.2. The lowest BCUT2D eigenvalue weighted by Gasteiger charge is -2.17. The molecule has 0 unspecified atom stereocenters. The van der Waals surface area contributed by atoms with Crippen LogP contribution in [0.4, 0.5) is 11.4 Å². The molecule has 0 atom stereocenters.